The minimum absolute atomic E-state index is 0.453. The average molecular weight is 326 g/mol. The summed E-state index contributed by atoms with van der Waals surface area (Å²) in [5, 5.41) is -0.643. The molecule has 1 rings (SSSR count). The molecule has 0 N–H and O–H groups in total. The van der Waals surface area contributed by atoms with Gasteiger partial charge in [0.1, 0.15) is 9.63 Å². The van der Waals surface area contributed by atoms with E-state index in [0.29, 0.717) is 0 Å². The molecule has 0 aromatic carbocycles. The second-order valence-corrected chi connectivity index (χ2v) is 3.65. The van der Waals surface area contributed by atoms with Gasteiger partial charge in [-0.1, -0.05) is 11.6 Å². The first-order chi connectivity index (χ1) is 7.22. The zero-order chi connectivity index (χ0) is 12.5. The van der Waals surface area contributed by atoms with E-state index >= 15 is 0 Å². The largest absolute Gasteiger partial charge is 0.573 e. The van der Waals surface area contributed by atoms with Crippen LogP contribution in [0.25, 0.3) is 0 Å². The monoisotopic (exact) mass is 325 g/mol. The summed E-state index contributed by atoms with van der Waals surface area (Å²) in [6.07, 6.45) is -7.52. The maximum Gasteiger partial charge on any atom is 0.573 e. The normalized spacial score (nSPS) is 12.0. The lowest BCUT2D eigenvalue weighted by Gasteiger charge is -2.14. The highest BCUT2D eigenvalue weighted by Crippen LogP contribution is 2.41. The summed E-state index contributed by atoms with van der Waals surface area (Å²) in [6, 6.07) is 0. The van der Waals surface area contributed by atoms with E-state index in [1.807, 2.05) is 0 Å². The molecule has 0 aliphatic heterocycles. The number of ether oxygens (including phenoxy) is 1. The Labute approximate surface area is 99.5 Å². The van der Waals surface area contributed by atoms with Crippen LogP contribution >= 0.6 is 27.5 Å². The summed E-state index contributed by atoms with van der Waals surface area (Å²) in [6.45, 7) is 0. The molecule has 1 aromatic heterocycles. The van der Waals surface area contributed by atoms with Crippen LogP contribution in [0.2, 0.25) is 5.02 Å². The zero-order valence-corrected chi connectivity index (χ0v) is 9.50. The van der Waals surface area contributed by atoms with Gasteiger partial charge in [0.05, 0.1) is 11.8 Å². The molecule has 0 bridgehead atoms. The predicted molar refractivity (Wildman–Crippen MR) is 48.6 cm³/mol. The Morgan fingerprint density at radius 3 is 2.38 bits per heavy atom. The third kappa shape index (κ3) is 3.18. The zero-order valence-electron chi connectivity index (χ0n) is 7.16. The van der Waals surface area contributed by atoms with E-state index in [0.717, 1.165) is 6.20 Å². The number of alkyl halides is 5. The highest BCUT2D eigenvalue weighted by molar-refractivity contribution is 9.10. The van der Waals surface area contributed by atoms with Crippen LogP contribution in [0.1, 0.15) is 12.0 Å². The Hall–Kier alpha value is -0.630. The molecule has 1 heterocycles. The van der Waals surface area contributed by atoms with Crippen LogP contribution in [0.4, 0.5) is 22.0 Å². The van der Waals surface area contributed by atoms with Gasteiger partial charge in [0.15, 0.2) is 5.75 Å². The molecule has 0 fully saturated rings. The van der Waals surface area contributed by atoms with Gasteiger partial charge in [0, 0.05) is 0 Å². The van der Waals surface area contributed by atoms with Crippen molar-refractivity contribution < 1.29 is 26.7 Å². The van der Waals surface area contributed by atoms with Crippen LogP contribution in [0, 0.1) is 0 Å². The van der Waals surface area contributed by atoms with E-state index in [2.05, 4.69) is 25.7 Å². The van der Waals surface area contributed by atoms with Gasteiger partial charge in [0.2, 0.25) is 0 Å². The van der Waals surface area contributed by atoms with E-state index in [1.165, 1.54) is 0 Å². The lowest BCUT2D eigenvalue weighted by Crippen LogP contribution is -2.19. The Balaban J connectivity index is 3.29. The van der Waals surface area contributed by atoms with E-state index in [-0.39, 0.29) is 0 Å². The van der Waals surface area contributed by atoms with Crippen molar-refractivity contribution in [3.63, 3.8) is 0 Å². The molecule has 0 saturated carbocycles. The molecule has 0 spiro atoms. The first kappa shape index (κ1) is 13.4. The van der Waals surface area contributed by atoms with Crippen LogP contribution < -0.4 is 4.74 Å². The Bertz CT molecular complexity index is 397. The molecule has 0 aliphatic rings. The fourth-order valence-corrected chi connectivity index (χ4v) is 1.52. The molecule has 0 unspecified atom stereocenters. The number of halogens is 7. The fourth-order valence-electron chi connectivity index (χ4n) is 0.872. The van der Waals surface area contributed by atoms with Crippen molar-refractivity contribution in [3.8, 4) is 5.75 Å². The van der Waals surface area contributed by atoms with E-state index in [9.17, 15) is 22.0 Å². The van der Waals surface area contributed by atoms with Crippen molar-refractivity contribution >= 4 is 27.5 Å². The highest BCUT2D eigenvalue weighted by atomic mass is 79.9. The summed E-state index contributed by atoms with van der Waals surface area (Å²) in [7, 11) is 0. The van der Waals surface area contributed by atoms with Gasteiger partial charge in [-0.3, -0.25) is 0 Å². The van der Waals surface area contributed by atoms with Crippen molar-refractivity contribution in [2.75, 3.05) is 0 Å². The number of rotatable bonds is 2. The number of aromatic nitrogens is 1. The van der Waals surface area contributed by atoms with Crippen LogP contribution in [0.5, 0.6) is 5.75 Å². The number of hydrogen-bond acceptors (Lipinski definition) is 2. The van der Waals surface area contributed by atoms with Gasteiger partial charge in [-0.15, -0.1) is 13.2 Å². The molecule has 2 nitrogen and oxygen atoms in total. The first-order valence-electron chi connectivity index (χ1n) is 3.60. The van der Waals surface area contributed by atoms with Crippen molar-refractivity contribution in [1.82, 2.24) is 4.98 Å². The third-order valence-electron chi connectivity index (χ3n) is 1.41. The minimum atomic E-state index is -5.10. The molecule has 0 atom stereocenters. The number of pyridine rings is 1. The van der Waals surface area contributed by atoms with E-state index in [1.54, 1.807) is 0 Å². The van der Waals surface area contributed by atoms with Crippen molar-refractivity contribution in [2.45, 2.75) is 12.8 Å². The van der Waals surface area contributed by atoms with E-state index in [4.69, 9.17) is 11.6 Å². The second-order valence-electron chi connectivity index (χ2n) is 2.49. The molecule has 0 saturated heterocycles. The molecule has 0 radical (unpaired) electrons. The van der Waals surface area contributed by atoms with Gasteiger partial charge in [0.25, 0.3) is 6.43 Å². The van der Waals surface area contributed by atoms with E-state index < -0.39 is 33.7 Å². The Morgan fingerprint density at radius 2 is 1.94 bits per heavy atom. The lowest BCUT2D eigenvalue weighted by molar-refractivity contribution is -0.275. The Kier molecular flexibility index (Phi) is 3.95. The molecule has 16 heavy (non-hydrogen) atoms. The average Bonchev–Trinajstić information content (AvgIpc) is 2.08. The van der Waals surface area contributed by atoms with Crippen molar-refractivity contribution in [1.29, 1.82) is 0 Å². The Morgan fingerprint density at radius 1 is 1.38 bits per heavy atom. The van der Waals surface area contributed by atoms with Crippen LogP contribution in [0.3, 0.4) is 0 Å². The molecule has 0 amide bonds. The topological polar surface area (TPSA) is 22.1 Å². The van der Waals surface area contributed by atoms with Crippen LogP contribution in [0.15, 0.2) is 10.8 Å². The molecular weight excluding hydrogens is 324 g/mol. The smallest absolute Gasteiger partial charge is 0.404 e. The minimum Gasteiger partial charge on any atom is -0.404 e. The van der Waals surface area contributed by atoms with Crippen molar-refractivity contribution in [3.05, 3.63) is 21.4 Å². The summed E-state index contributed by atoms with van der Waals surface area (Å²) in [5.74, 6) is -1.15. The van der Waals surface area contributed by atoms with Gasteiger partial charge in [-0.05, 0) is 15.9 Å². The molecule has 1 aromatic rings. The number of nitrogens with zero attached hydrogens (tertiary/aromatic N) is 1. The highest BCUT2D eigenvalue weighted by Gasteiger charge is 2.35. The van der Waals surface area contributed by atoms with Crippen LogP contribution in [-0.4, -0.2) is 11.3 Å². The molecule has 9 heteroatoms. The molecule has 0 aliphatic carbocycles. The summed E-state index contributed by atoms with van der Waals surface area (Å²) in [5.41, 5.74) is -1.04. The summed E-state index contributed by atoms with van der Waals surface area (Å²) in [4.78, 5) is 3.35. The van der Waals surface area contributed by atoms with Crippen molar-refractivity contribution in [2.24, 2.45) is 0 Å². The van der Waals surface area contributed by atoms with Crippen LogP contribution in [-0.2, 0) is 0 Å². The van der Waals surface area contributed by atoms with Gasteiger partial charge in [-0.2, -0.15) is 0 Å². The molecular formula is C7H2BrClF5NO. The second kappa shape index (κ2) is 4.70. The third-order valence-corrected chi connectivity index (χ3v) is 2.31. The first-order valence-corrected chi connectivity index (χ1v) is 4.77. The number of hydrogen-bond donors (Lipinski definition) is 0. The summed E-state index contributed by atoms with van der Waals surface area (Å²) < 4.78 is 63.7. The van der Waals surface area contributed by atoms with Gasteiger partial charge >= 0.3 is 6.36 Å². The lowest BCUT2D eigenvalue weighted by atomic mass is 10.2. The predicted octanol–water partition coefficient (Wildman–Crippen LogP) is 4.33. The maximum atomic E-state index is 12.5. The van der Waals surface area contributed by atoms with Gasteiger partial charge < -0.3 is 4.74 Å². The van der Waals surface area contributed by atoms with Gasteiger partial charge in [-0.25, -0.2) is 13.8 Å². The SMILES string of the molecule is FC(F)c1c(Br)ncc(Cl)c1OC(F)(F)F. The standard InChI is InChI=1S/C7H2BrClF5NO/c8-5-3(6(10)11)4(2(9)1-15-5)16-7(12,13)14/h1,6H. The fraction of sp³-hybridized carbons (Fsp3) is 0.286. The maximum absolute atomic E-state index is 12.5. The molecule has 90 valence electrons. The summed E-state index contributed by atoms with van der Waals surface area (Å²) >= 11 is 7.90. The quantitative estimate of drug-likeness (QED) is 0.596.